The largest absolute Gasteiger partial charge is 0.238 e. The highest BCUT2D eigenvalue weighted by molar-refractivity contribution is 7.98. The molecule has 1 heterocycles. The molecule has 0 amide bonds. The molecule has 0 saturated carbocycles. The lowest BCUT2D eigenvalue weighted by atomic mass is 10.1. The van der Waals surface area contributed by atoms with Crippen LogP contribution in [0, 0.1) is 0 Å². The Morgan fingerprint density at radius 3 is 2.26 bits per heavy atom. The van der Waals surface area contributed by atoms with Crippen LogP contribution in [-0.4, -0.2) is 24.5 Å². The van der Waals surface area contributed by atoms with Gasteiger partial charge in [0, 0.05) is 5.56 Å². The molecule has 0 unspecified atom stereocenters. The molecule has 0 saturated heterocycles. The van der Waals surface area contributed by atoms with E-state index in [0.717, 1.165) is 22.0 Å². The summed E-state index contributed by atoms with van der Waals surface area (Å²) in [7, 11) is -3.70. The topological polar surface area (TPSA) is 78.0 Å². The summed E-state index contributed by atoms with van der Waals surface area (Å²) in [6.45, 7) is 0. The van der Waals surface area contributed by atoms with Gasteiger partial charge in [0.05, 0.1) is 16.3 Å². The van der Waals surface area contributed by atoms with E-state index < -0.39 is 10.0 Å². The highest BCUT2D eigenvalue weighted by atomic mass is 32.2. The first kappa shape index (κ1) is 15.8. The second kappa shape index (κ2) is 6.19. The van der Waals surface area contributed by atoms with Crippen molar-refractivity contribution in [3.8, 4) is 16.9 Å². The molecule has 1 aromatic heterocycles. The predicted molar refractivity (Wildman–Crippen MR) is 92.2 cm³/mol. The summed E-state index contributed by atoms with van der Waals surface area (Å²) >= 11 is 1.55. The molecule has 2 aromatic carbocycles. The summed E-state index contributed by atoms with van der Waals surface area (Å²) in [5.41, 5.74) is 2.76. The van der Waals surface area contributed by atoms with Crippen molar-refractivity contribution in [1.29, 1.82) is 0 Å². The van der Waals surface area contributed by atoms with Gasteiger partial charge in [-0.15, -0.1) is 11.8 Å². The van der Waals surface area contributed by atoms with Gasteiger partial charge in [0.15, 0.2) is 0 Å². The second-order valence-electron chi connectivity index (χ2n) is 4.89. The van der Waals surface area contributed by atoms with Crippen LogP contribution < -0.4 is 5.14 Å². The minimum absolute atomic E-state index is 0.0831. The number of hydrogen-bond acceptors (Lipinski definition) is 4. The normalized spacial score (nSPS) is 11.6. The number of nitrogens with two attached hydrogens (primary N) is 1. The first-order valence-corrected chi connectivity index (χ1v) is 9.59. The van der Waals surface area contributed by atoms with Crippen LogP contribution in [0.5, 0.6) is 0 Å². The quantitative estimate of drug-likeness (QED) is 0.738. The molecule has 0 bridgehead atoms. The molecule has 3 aromatic rings. The van der Waals surface area contributed by atoms with E-state index in [-0.39, 0.29) is 4.90 Å². The van der Waals surface area contributed by atoms with Gasteiger partial charge in [-0.2, -0.15) is 5.10 Å². The third kappa shape index (κ3) is 3.31. The Kier molecular flexibility index (Phi) is 4.25. The molecule has 0 radical (unpaired) electrons. The number of rotatable bonds is 4. The summed E-state index contributed by atoms with van der Waals surface area (Å²) in [6.07, 6.45) is 1.96. The van der Waals surface area contributed by atoms with Gasteiger partial charge in [-0.05, 0) is 36.6 Å². The van der Waals surface area contributed by atoms with E-state index >= 15 is 0 Å². The molecule has 118 valence electrons. The van der Waals surface area contributed by atoms with Crippen molar-refractivity contribution in [2.24, 2.45) is 5.14 Å². The molecule has 3 rings (SSSR count). The van der Waals surface area contributed by atoms with Gasteiger partial charge in [-0.25, -0.2) is 18.2 Å². The first-order valence-electron chi connectivity index (χ1n) is 6.82. The maximum atomic E-state index is 11.4. The molecule has 2 N–H and O–H groups in total. The fourth-order valence-electron chi connectivity index (χ4n) is 2.25. The summed E-state index contributed by atoms with van der Waals surface area (Å²) < 4.78 is 24.5. The maximum absolute atomic E-state index is 11.4. The standard InChI is InChI=1S/C16H15N3O2S2/c1-22-16-11-15(12-5-3-2-4-6-12)19(18-16)13-7-9-14(10-8-13)23(17,20)21/h2-11H,1H3,(H2,17,20,21). The zero-order chi connectivity index (χ0) is 16.4. The van der Waals surface area contributed by atoms with Crippen molar-refractivity contribution < 1.29 is 8.42 Å². The zero-order valence-corrected chi connectivity index (χ0v) is 14.0. The summed E-state index contributed by atoms with van der Waals surface area (Å²) in [6, 6.07) is 18.3. The molecule has 0 spiro atoms. The van der Waals surface area contributed by atoms with Gasteiger partial charge in [-0.1, -0.05) is 30.3 Å². The van der Waals surface area contributed by atoms with Crippen LogP contribution in [0.2, 0.25) is 0 Å². The second-order valence-corrected chi connectivity index (χ2v) is 7.28. The Morgan fingerprint density at radius 2 is 1.70 bits per heavy atom. The number of nitrogens with zero attached hydrogens (tertiary/aromatic N) is 2. The number of aromatic nitrogens is 2. The molecule has 0 aliphatic heterocycles. The third-order valence-corrected chi connectivity index (χ3v) is 4.92. The predicted octanol–water partition coefficient (Wildman–Crippen LogP) is 2.91. The number of sulfonamides is 1. The van der Waals surface area contributed by atoms with E-state index in [1.54, 1.807) is 28.6 Å². The number of primary sulfonamides is 1. The van der Waals surface area contributed by atoms with E-state index in [4.69, 9.17) is 5.14 Å². The van der Waals surface area contributed by atoms with Crippen LogP contribution in [0.3, 0.4) is 0 Å². The lowest BCUT2D eigenvalue weighted by Gasteiger charge is -2.08. The smallest absolute Gasteiger partial charge is 0.232 e. The lowest BCUT2D eigenvalue weighted by molar-refractivity contribution is 0.598. The van der Waals surface area contributed by atoms with E-state index in [1.807, 2.05) is 42.7 Å². The zero-order valence-electron chi connectivity index (χ0n) is 12.4. The van der Waals surface area contributed by atoms with Crippen LogP contribution in [0.25, 0.3) is 16.9 Å². The molecule has 5 nitrogen and oxygen atoms in total. The molecular formula is C16H15N3O2S2. The fraction of sp³-hybridized carbons (Fsp3) is 0.0625. The van der Waals surface area contributed by atoms with Gasteiger partial charge in [0.2, 0.25) is 10.0 Å². The van der Waals surface area contributed by atoms with Crippen molar-refractivity contribution in [3.63, 3.8) is 0 Å². The Morgan fingerprint density at radius 1 is 1.04 bits per heavy atom. The molecule has 23 heavy (non-hydrogen) atoms. The summed E-state index contributed by atoms with van der Waals surface area (Å²) in [5.74, 6) is 0. The van der Waals surface area contributed by atoms with Gasteiger partial charge in [0.25, 0.3) is 0 Å². The van der Waals surface area contributed by atoms with Crippen LogP contribution >= 0.6 is 11.8 Å². The van der Waals surface area contributed by atoms with Crippen molar-refractivity contribution in [2.75, 3.05) is 6.26 Å². The van der Waals surface area contributed by atoms with Crippen molar-refractivity contribution in [2.45, 2.75) is 9.92 Å². The van der Waals surface area contributed by atoms with E-state index in [2.05, 4.69) is 5.10 Å². The highest BCUT2D eigenvalue weighted by Crippen LogP contribution is 2.27. The van der Waals surface area contributed by atoms with E-state index in [0.29, 0.717) is 0 Å². The molecule has 0 aliphatic rings. The maximum Gasteiger partial charge on any atom is 0.238 e. The third-order valence-electron chi connectivity index (χ3n) is 3.38. The molecule has 0 atom stereocenters. The van der Waals surface area contributed by atoms with Crippen LogP contribution in [0.15, 0.2) is 70.6 Å². The van der Waals surface area contributed by atoms with Gasteiger partial charge in [0.1, 0.15) is 5.03 Å². The van der Waals surface area contributed by atoms with Crippen LogP contribution in [0.4, 0.5) is 0 Å². The number of benzene rings is 2. The van der Waals surface area contributed by atoms with Crippen molar-refractivity contribution >= 4 is 21.8 Å². The summed E-state index contributed by atoms with van der Waals surface area (Å²) in [4.78, 5) is 0.0831. The number of thioether (sulfide) groups is 1. The van der Waals surface area contributed by atoms with E-state index in [9.17, 15) is 8.42 Å². The Balaban J connectivity index is 2.11. The molecular weight excluding hydrogens is 330 g/mol. The number of hydrogen-bond donors (Lipinski definition) is 1. The van der Waals surface area contributed by atoms with Gasteiger partial charge >= 0.3 is 0 Å². The molecule has 0 fully saturated rings. The van der Waals surface area contributed by atoms with Crippen molar-refractivity contribution in [1.82, 2.24) is 9.78 Å². The SMILES string of the molecule is CSc1cc(-c2ccccc2)n(-c2ccc(S(N)(=O)=O)cc2)n1. The first-order chi connectivity index (χ1) is 11.0. The molecule has 7 heteroatoms. The van der Waals surface area contributed by atoms with Gasteiger partial charge < -0.3 is 0 Å². The minimum atomic E-state index is -3.70. The average molecular weight is 345 g/mol. The highest BCUT2D eigenvalue weighted by Gasteiger charge is 2.13. The van der Waals surface area contributed by atoms with Gasteiger partial charge in [-0.3, -0.25) is 0 Å². The Bertz CT molecular complexity index is 918. The lowest BCUT2D eigenvalue weighted by Crippen LogP contribution is -2.12. The minimum Gasteiger partial charge on any atom is -0.232 e. The monoisotopic (exact) mass is 345 g/mol. The molecule has 0 aliphatic carbocycles. The average Bonchev–Trinajstić information content (AvgIpc) is 2.99. The van der Waals surface area contributed by atoms with Crippen LogP contribution in [0.1, 0.15) is 0 Å². The van der Waals surface area contributed by atoms with Crippen molar-refractivity contribution in [3.05, 3.63) is 60.7 Å². The fourth-order valence-corrected chi connectivity index (χ4v) is 3.16. The van der Waals surface area contributed by atoms with Crippen LogP contribution in [-0.2, 0) is 10.0 Å². The Labute approximate surface area is 139 Å². The summed E-state index contributed by atoms with van der Waals surface area (Å²) in [5, 5.41) is 10.6. The van der Waals surface area contributed by atoms with E-state index in [1.165, 1.54) is 12.1 Å². The Hall–Kier alpha value is -2.09.